The van der Waals surface area contributed by atoms with Crippen molar-refractivity contribution < 1.29 is 0 Å². The zero-order valence-corrected chi connectivity index (χ0v) is 15.8. The normalized spacial score (nSPS) is 36.7. The zero-order chi connectivity index (χ0) is 17.4. The minimum atomic E-state index is 0.227. The maximum absolute atomic E-state index is 5.02. The monoisotopic (exact) mass is 327 g/mol. The average molecular weight is 327 g/mol. The Morgan fingerprint density at radius 3 is 2.32 bits per heavy atom. The van der Waals surface area contributed by atoms with E-state index >= 15 is 0 Å². The summed E-state index contributed by atoms with van der Waals surface area (Å²) in [5.41, 5.74) is 7.24. The molecule has 126 valence electrons. The lowest BCUT2D eigenvalue weighted by Gasteiger charge is -2.53. The Kier molecular flexibility index (Phi) is 2.08. The number of aryl methyl sites for hydroxylation is 1. The number of rotatable bonds is 0. The van der Waals surface area contributed by atoms with Crippen molar-refractivity contribution in [2.75, 3.05) is 0 Å². The highest BCUT2D eigenvalue weighted by Gasteiger charge is 2.89. The predicted molar refractivity (Wildman–Crippen MR) is 104 cm³/mol. The summed E-state index contributed by atoms with van der Waals surface area (Å²) in [5.74, 6) is 0. The van der Waals surface area contributed by atoms with Crippen molar-refractivity contribution in [3.8, 4) is 0 Å². The molecule has 3 aromatic rings. The van der Waals surface area contributed by atoms with E-state index in [4.69, 9.17) is 4.98 Å². The molecule has 0 radical (unpaired) electrons. The van der Waals surface area contributed by atoms with E-state index in [-0.39, 0.29) is 5.41 Å². The summed E-state index contributed by atoms with van der Waals surface area (Å²) in [7, 11) is 0. The number of hydrogen-bond acceptors (Lipinski definition) is 1. The SMILES string of the molecule is Cc1cc2c3c(cnc2c2ccccc12)C(C)(C)C12CC1(C)CC32C. The van der Waals surface area contributed by atoms with E-state index in [1.54, 1.807) is 5.56 Å². The van der Waals surface area contributed by atoms with E-state index < -0.39 is 0 Å². The van der Waals surface area contributed by atoms with Crippen LogP contribution in [-0.4, -0.2) is 4.98 Å². The number of fused-ring (bicyclic) bond motifs is 6. The van der Waals surface area contributed by atoms with E-state index in [1.165, 1.54) is 45.6 Å². The zero-order valence-electron chi connectivity index (χ0n) is 15.8. The second-order valence-corrected chi connectivity index (χ2v) is 9.96. The maximum atomic E-state index is 5.02. The molecule has 3 unspecified atom stereocenters. The topological polar surface area (TPSA) is 12.9 Å². The molecular formula is C24H25N. The molecule has 0 saturated heterocycles. The molecule has 0 bridgehead atoms. The molecule has 0 amide bonds. The van der Waals surface area contributed by atoms with Gasteiger partial charge in [0.2, 0.25) is 0 Å². The van der Waals surface area contributed by atoms with Gasteiger partial charge < -0.3 is 0 Å². The Morgan fingerprint density at radius 2 is 1.64 bits per heavy atom. The first kappa shape index (κ1) is 14.3. The van der Waals surface area contributed by atoms with Gasteiger partial charge in [0.1, 0.15) is 0 Å². The third-order valence-corrected chi connectivity index (χ3v) is 8.62. The molecule has 2 aromatic carbocycles. The summed E-state index contributed by atoms with van der Waals surface area (Å²) < 4.78 is 0. The van der Waals surface area contributed by atoms with Gasteiger partial charge in [0.05, 0.1) is 5.52 Å². The van der Waals surface area contributed by atoms with Crippen molar-refractivity contribution >= 4 is 21.7 Å². The Labute approximate surface area is 149 Å². The third-order valence-electron chi connectivity index (χ3n) is 8.62. The van der Waals surface area contributed by atoms with E-state index in [1.807, 2.05) is 0 Å². The molecule has 1 heterocycles. The Balaban J connectivity index is 1.80. The van der Waals surface area contributed by atoms with Crippen LogP contribution in [0.5, 0.6) is 0 Å². The van der Waals surface area contributed by atoms with E-state index in [9.17, 15) is 0 Å². The number of nitrogens with zero attached hydrogens (tertiary/aromatic N) is 1. The molecule has 2 fully saturated rings. The van der Waals surface area contributed by atoms with Crippen molar-refractivity contribution in [2.24, 2.45) is 10.8 Å². The van der Waals surface area contributed by atoms with Crippen molar-refractivity contribution in [1.82, 2.24) is 4.98 Å². The van der Waals surface area contributed by atoms with E-state index in [2.05, 4.69) is 71.1 Å². The molecule has 3 atom stereocenters. The van der Waals surface area contributed by atoms with Gasteiger partial charge in [0.15, 0.2) is 0 Å². The standard InChI is InChI=1S/C24H25N/c1-14-10-17-19-18(11-25-20(17)16-9-7-6-8-15(14)16)21(2,3)24-13-22(24,4)12-23(19,24)5/h6-11H,12-13H2,1-5H3. The third kappa shape index (κ3) is 1.18. The van der Waals surface area contributed by atoms with E-state index in [0.29, 0.717) is 16.2 Å². The quantitative estimate of drug-likeness (QED) is 0.458. The van der Waals surface area contributed by atoms with Gasteiger partial charge in [-0.05, 0) is 64.2 Å². The molecule has 0 aliphatic heterocycles. The minimum Gasteiger partial charge on any atom is -0.255 e. The Morgan fingerprint density at radius 1 is 0.920 bits per heavy atom. The van der Waals surface area contributed by atoms with Gasteiger partial charge in [0.25, 0.3) is 0 Å². The van der Waals surface area contributed by atoms with Crippen LogP contribution in [0, 0.1) is 17.8 Å². The van der Waals surface area contributed by atoms with Crippen LogP contribution < -0.4 is 0 Å². The van der Waals surface area contributed by atoms with Crippen LogP contribution in [0.3, 0.4) is 0 Å². The van der Waals surface area contributed by atoms with Crippen LogP contribution >= 0.6 is 0 Å². The molecule has 6 rings (SSSR count). The van der Waals surface area contributed by atoms with Crippen molar-refractivity contribution in [1.29, 1.82) is 0 Å². The maximum Gasteiger partial charge on any atom is 0.0783 e. The lowest BCUT2D eigenvalue weighted by atomic mass is 9.50. The molecule has 1 heteroatoms. The van der Waals surface area contributed by atoms with Crippen LogP contribution in [0.25, 0.3) is 21.7 Å². The minimum absolute atomic E-state index is 0.227. The summed E-state index contributed by atoms with van der Waals surface area (Å²) >= 11 is 0. The second kappa shape index (κ2) is 3.63. The molecule has 1 aromatic heterocycles. The smallest absolute Gasteiger partial charge is 0.0783 e. The average Bonchev–Trinajstić information content (AvgIpc) is 3.09. The molecule has 25 heavy (non-hydrogen) atoms. The van der Waals surface area contributed by atoms with Gasteiger partial charge in [-0.2, -0.15) is 0 Å². The molecular weight excluding hydrogens is 302 g/mol. The second-order valence-electron chi connectivity index (χ2n) is 9.96. The molecule has 3 aliphatic carbocycles. The first-order valence-corrected chi connectivity index (χ1v) is 9.59. The fourth-order valence-electron chi connectivity index (χ4n) is 7.91. The van der Waals surface area contributed by atoms with Gasteiger partial charge in [-0.15, -0.1) is 0 Å². The first-order valence-electron chi connectivity index (χ1n) is 9.59. The Bertz CT molecular complexity index is 1120. The highest BCUT2D eigenvalue weighted by molar-refractivity contribution is 6.08. The number of benzene rings is 2. The summed E-state index contributed by atoms with van der Waals surface area (Å²) in [6.07, 6.45) is 4.93. The lowest BCUT2D eigenvalue weighted by molar-refractivity contribution is 0.0215. The summed E-state index contributed by atoms with van der Waals surface area (Å²) in [5, 5.41) is 4.06. The van der Waals surface area contributed by atoms with Crippen LogP contribution in [0.4, 0.5) is 0 Å². The summed E-state index contributed by atoms with van der Waals surface area (Å²) in [6.45, 7) is 12.3. The fraction of sp³-hybridized carbons (Fsp3) is 0.458. The predicted octanol–water partition coefficient (Wildman–Crippen LogP) is 6.05. The molecule has 1 spiro atoms. The Hall–Kier alpha value is -1.89. The first-order chi connectivity index (χ1) is 11.8. The van der Waals surface area contributed by atoms with Crippen molar-refractivity contribution in [2.45, 2.75) is 58.3 Å². The van der Waals surface area contributed by atoms with Crippen LogP contribution in [0.15, 0.2) is 36.5 Å². The van der Waals surface area contributed by atoms with Crippen molar-refractivity contribution in [3.05, 3.63) is 53.2 Å². The van der Waals surface area contributed by atoms with Gasteiger partial charge in [-0.3, -0.25) is 4.98 Å². The van der Waals surface area contributed by atoms with Crippen LogP contribution in [-0.2, 0) is 10.8 Å². The number of hydrogen-bond donors (Lipinski definition) is 0. The summed E-state index contributed by atoms with van der Waals surface area (Å²) in [4.78, 5) is 5.02. The summed E-state index contributed by atoms with van der Waals surface area (Å²) in [6, 6.07) is 11.2. The fourth-order valence-corrected chi connectivity index (χ4v) is 7.91. The largest absolute Gasteiger partial charge is 0.255 e. The molecule has 1 nitrogen and oxygen atoms in total. The number of pyridine rings is 1. The lowest BCUT2D eigenvalue weighted by Crippen LogP contribution is -2.51. The molecule has 0 N–H and O–H groups in total. The molecule has 2 saturated carbocycles. The van der Waals surface area contributed by atoms with Gasteiger partial charge in [-0.1, -0.05) is 52.0 Å². The highest BCUT2D eigenvalue weighted by atomic mass is 14.9. The van der Waals surface area contributed by atoms with Crippen LogP contribution in [0.2, 0.25) is 0 Å². The van der Waals surface area contributed by atoms with Crippen LogP contribution in [0.1, 0.15) is 57.2 Å². The van der Waals surface area contributed by atoms with Gasteiger partial charge >= 0.3 is 0 Å². The number of aromatic nitrogens is 1. The van der Waals surface area contributed by atoms with Gasteiger partial charge in [-0.25, -0.2) is 0 Å². The van der Waals surface area contributed by atoms with Gasteiger partial charge in [0, 0.05) is 22.4 Å². The highest BCUT2D eigenvalue weighted by Crippen LogP contribution is 2.93. The van der Waals surface area contributed by atoms with Crippen molar-refractivity contribution in [3.63, 3.8) is 0 Å². The van der Waals surface area contributed by atoms with E-state index in [0.717, 1.165) is 0 Å². The molecule has 3 aliphatic rings.